The minimum atomic E-state index is -0.428. The van der Waals surface area contributed by atoms with Gasteiger partial charge in [-0.25, -0.2) is 4.39 Å². The minimum absolute atomic E-state index is 0.0292. The molecule has 1 aliphatic heterocycles. The molecule has 2 aromatic rings. The molecule has 0 saturated heterocycles. The predicted octanol–water partition coefficient (Wildman–Crippen LogP) is 4.46. The Morgan fingerprint density at radius 1 is 1.00 bits per heavy atom. The molecule has 152 valence electrons. The van der Waals surface area contributed by atoms with E-state index in [4.69, 9.17) is 4.74 Å². The zero-order valence-corrected chi connectivity index (χ0v) is 17.0. The van der Waals surface area contributed by atoms with Crippen LogP contribution in [0.2, 0.25) is 0 Å². The number of benzene rings is 2. The monoisotopic (exact) mass is 396 g/mol. The Hall–Kier alpha value is -3.15. The van der Waals surface area contributed by atoms with Gasteiger partial charge in [-0.1, -0.05) is 32.0 Å². The van der Waals surface area contributed by atoms with E-state index in [2.05, 4.69) is 5.32 Å². The Morgan fingerprint density at radius 3 is 2.28 bits per heavy atom. The molecule has 0 fully saturated rings. The molecule has 0 aromatic heterocycles. The number of nitrogens with one attached hydrogen (secondary N) is 1. The molecule has 0 saturated carbocycles. The van der Waals surface area contributed by atoms with E-state index in [1.165, 1.54) is 17.0 Å². The van der Waals surface area contributed by atoms with Crippen molar-refractivity contribution in [3.8, 4) is 5.75 Å². The van der Waals surface area contributed by atoms with Crippen molar-refractivity contribution in [3.05, 3.63) is 65.6 Å². The first-order valence-corrected chi connectivity index (χ1v) is 9.66. The van der Waals surface area contributed by atoms with Crippen molar-refractivity contribution in [1.82, 2.24) is 4.90 Å². The molecule has 1 heterocycles. The second-order valence-corrected chi connectivity index (χ2v) is 7.69. The van der Waals surface area contributed by atoms with Crippen LogP contribution in [-0.4, -0.2) is 29.4 Å². The quantitative estimate of drug-likeness (QED) is 0.702. The first-order valence-electron chi connectivity index (χ1n) is 9.66. The van der Waals surface area contributed by atoms with E-state index in [0.717, 1.165) is 0 Å². The van der Waals surface area contributed by atoms with Gasteiger partial charge in [0.2, 0.25) is 0 Å². The fourth-order valence-corrected chi connectivity index (χ4v) is 3.17. The summed E-state index contributed by atoms with van der Waals surface area (Å²) >= 11 is 0. The number of rotatable bonds is 7. The predicted molar refractivity (Wildman–Crippen MR) is 111 cm³/mol. The number of halogens is 1. The number of carbonyl (C=O) groups is 2. The zero-order chi connectivity index (χ0) is 21.1. The number of amides is 2. The number of hydrogen-bond donors (Lipinski definition) is 1. The molecule has 2 amide bonds. The molecule has 5 nitrogen and oxygen atoms in total. The van der Waals surface area contributed by atoms with Crippen LogP contribution < -0.4 is 10.1 Å². The zero-order valence-electron chi connectivity index (χ0n) is 17.0. The molecule has 0 atom stereocenters. The average Bonchev–Trinajstić information content (AvgIpc) is 2.86. The van der Waals surface area contributed by atoms with Crippen molar-refractivity contribution >= 4 is 23.1 Å². The molecule has 3 rings (SSSR count). The first-order chi connectivity index (χ1) is 13.8. The molecule has 29 heavy (non-hydrogen) atoms. The Morgan fingerprint density at radius 2 is 1.69 bits per heavy atom. The third kappa shape index (κ3) is 4.65. The number of carbonyl (C=O) groups excluding carboxylic acids is 2. The minimum Gasteiger partial charge on any atom is -0.491 e. The number of ether oxygens (including phenoxy) is 1. The second kappa shape index (κ2) is 8.47. The molecule has 0 aliphatic carbocycles. The third-order valence-corrected chi connectivity index (χ3v) is 4.32. The lowest BCUT2D eigenvalue weighted by Gasteiger charge is -2.17. The fourth-order valence-electron chi connectivity index (χ4n) is 3.17. The van der Waals surface area contributed by atoms with Crippen LogP contribution in [0.3, 0.4) is 0 Å². The molecule has 0 radical (unpaired) electrons. The van der Waals surface area contributed by atoms with Crippen molar-refractivity contribution < 1.29 is 18.7 Å². The summed E-state index contributed by atoms with van der Waals surface area (Å²) in [6.45, 7) is 8.05. The Kier molecular flexibility index (Phi) is 6.01. The Bertz CT molecular complexity index is 949. The highest BCUT2D eigenvalue weighted by Gasteiger charge is 2.39. The summed E-state index contributed by atoms with van der Waals surface area (Å²) < 4.78 is 19.3. The van der Waals surface area contributed by atoms with Crippen LogP contribution in [0.4, 0.5) is 10.1 Å². The van der Waals surface area contributed by atoms with Crippen LogP contribution in [0.1, 0.15) is 33.3 Å². The van der Waals surface area contributed by atoms with Crippen LogP contribution in [0.25, 0.3) is 5.57 Å². The molecule has 1 N–H and O–H groups in total. The molecule has 0 spiro atoms. The van der Waals surface area contributed by atoms with Crippen molar-refractivity contribution in [3.63, 3.8) is 0 Å². The van der Waals surface area contributed by atoms with Crippen molar-refractivity contribution in [2.45, 2.75) is 33.8 Å². The summed E-state index contributed by atoms with van der Waals surface area (Å²) in [6, 6.07) is 12.8. The Labute approximate surface area is 170 Å². The average molecular weight is 396 g/mol. The maximum absolute atomic E-state index is 13.6. The molecular weight excluding hydrogens is 371 g/mol. The fraction of sp³-hybridized carbons (Fsp3) is 0.304. The van der Waals surface area contributed by atoms with Crippen molar-refractivity contribution in [2.24, 2.45) is 5.92 Å². The Balaban J connectivity index is 2.01. The van der Waals surface area contributed by atoms with Gasteiger partial charge in [0.05, 0.1) is 11.7 Å². The van der Waals surface area contributed by atoms with Gasteiger partial charge in [-0.3, -0.25) is 14.5 Å². The van der Waals surface area contributed by atoms with Crippen LogP contribution >= 0.6 is 0 Å². The van der Waals surface area contributed by atoms with Gasteiger partial charge in [0.1, 0.15) is 17.3 Å². The highest BCUT2D eigenvalue weighted by atomic mass is 19.1. The lowest BCUT2D eigenvalue weighted by Crippen LogP contribution is -2.35. The van der Waals surface area contributed by atoms with E-state index in [1.54, 1.807) is 36.4 Å². The summed E-state index contributed by atoms with van der Waals surface area (Å²) in [4.78, 5) is 27.3. The molecular formula is C23H25FN2O3. The van der Waals surface area contributed by atoms with Gasteiger partial charge >= 0.3 is 0 Å². The van der Waals surface area contributed by atoms with E-state index in [-0.39, 0.29) is 29.2 Å². The maximum Gasteiger partial charge on any atom is 0.278 e. The standard InChI is InChI=1S/C23H25FN2O3/c1-14(2)13-26-22(27)20(16-8-10-19(11-9-16)29-15(3)4)21(23(26)28)25-18-7-5-6-17(24)12-18/h5-12,14-15,25H,13H2,1-4H3. The molecule has 6 heteroatoms. The van der Waals surface area contributed by atoms with Gasteiger partial charge in [-0.15, -0.1) is 0 Å². The maximum atomic E-state index is 13.6. The van der Waals surface area contributed by atoms with Crippen LogP contribution in [0.15, 0.2) is 54.2 Å². The summed E-state index contributed by atoms with van der Waals surface area (Å²) in [7, 11) is 0. The van der Waals surface area contributed by atoms with Gasteiger partial charge in [0, 0.05) is 12.2 Å². The molecule has 2 aromatic carbocycles. The topological polar surface area (TPSA) is 58.6 Å². The molecule has 1 aliphatic rings. The molecule has 0 bridgehead atoms. The second-order valence-electron chi connectivity index (χ2n) is 7.69. The van der Waals surface area contributed by atoms with E-state index in [0.29, 0.717) is 23.5 Å². The number of nitrogens with zero attached hydrogens (tertiary/aromatic N) is 1. The third-order valence-electron chi connectivity index (χ3n) is 4.32. The lowest BCUT2D eigenvalue weighted by molar-refractivity contribution is -0.137. The summed E-state index contributed by atoms with van der Waals surface area (Å²) in [5.41, 5.74) is 1.43. The molecule has 0 unspecified atom stereocenters. The SMILES string of the molecule is CC(C)CN1C(=O)C(Nc2cccc(F)c2)=C(c2ccc(OC(C)C)cc2)C1=O. The number of anilines is 1. The normalized spacial score (nSPS) is 14.4. The van der Waals surface area contributed by atoms with Crippen LogP contribution in [0.5, 0.6) is 5.75 Å². The van der Waals surface area contributed by atoms with Crippen molar-refractivity contribution in [2.75, 3.05) is 11.9 Å². The van der Waals surface area contributed by atoms with E-state index in [1.807, 2.05) is 27.7 Å². The summed E-state index contributed by atoms with van der Waals surface area (Å²) in [5.74, 6) is -0.395. The summed E-state index contributed by atoms with van der Waals surface area (Å²) in [5, 5.41) is 2.96. The smallest absolute Gasteiger partial charge is 0.278 e. The summed E-state index contributed by atoms with van der Waals surface area (Å²) in [6.07, 6.45) is 0.0292. The van der Waals surface area contributed by atoms with E-state index in [9.17, 15) is 14.0 Å². The number of imide groups is 1. The van der Waals surface area contributed by atoms with Gasteiger partial charge in [0.15, 0.2) is 0 Å². The highest BCUT2D eigenvalue weighted by Crippen LogP contribution is 2.32. The van der Waals surface area contributed by atoms with E-state index >= 15 is 0 Å². The highest BCUT2D eigenvalue weighted by molar-refractivity contribution is 6.36. The van der Waals surface area contributed by atoms with E-state index < -0.39 is 11.7 Å². The van der Waals surface area contributed by atoms with Crippen LogP contribution in [-0.2, 0) is 9.59 Å². The van der Waals surface area contributed by atoms with Gasteiger partial charge in [0.25, 0.3) is 11.8 Å². The van der Waals surface area contributed by atoms with Crippen molar-refractivity contribution in [1.29, 1.82) is 0 Å². The largest absolute Gasteiger partial charge is 0.491 e. The van der Waals surface area contributed by atoms with Gasteiger partial charge in [-0.2, -0.15) is 0 Å². The van der Waals surface area contributed by atoms with Gasteiger partial charge in [-0.05, 0) is 55.7 Å². The lowest BCUT2D eigenvalue weighted by atomic mass is 10.0. The van der Waals surface area contributed by atoms with Gasteiger partial charge < -0.3 is 10.1 Å². The van der Waals surface area contributed by atoms with Crippen LogP contribution in [0, 0.1) is 11.7 Å². The first kappa shape index (κ1) is 20.6. The number of hydrogen-bond acceptors (Lipinski definition) is 4.